The van der Waals surface area contributed by atoms with Crippen molar-refractivity contribution in [3.63, 3.8) is 0 Å². The number of hydrogen-bond donors (Lipinski definition) is 1. The van der Waals surface area contributed by atoms with Crippen molar-refractivity contribution in [3.8, 4) is 0 Å². The van der Waals surface area contributed by atoms with E-state index in [2.05, 4.69) is 36.2 Å². The highest BCUT2D eigenvalue weighted by molar-refractivity contribution is 5.26. The lowest BCUT2D eigenvalue weighted by Gasteiger charge is -1.99. The monoisotopic (exact) mass is 202 g/mol. The molecule has 0 amide bonds. The van der Waals surface area contributed by atoms with E-state index in [1.54, 1.807) is 6.20 Å². The standard InChI is InChI=1S/C12H14N2O/c1-2-9-3-5-10(6-4-9)7-11-8-14-12(13)15-11/h3-6,8H,2,7H2,1H3,(H2,13,14). The van der Waals surface area contributed by atoms with Crippen molar-refractivity contribution in [1.29, 1.82) is 0 Å². The minimum atomic E-state index is 0.232. The number of aryl methyl sites for hydroxylation is 1. The average molecular weight is 202 g/mol. The predicted octanol–water partition coefficient (Wildman–Crippen LogP) is 2.41. The SMILES string of the molecule is CCc1ccc(Cc2cnc(N)o2)cc1. The normalized spacial score (nSPS) is 10.5. The molecular formula is C12H14N2O. The van der Waals surface area contributed by atoms with E-state index in [-0.39, 0.29) is 6.01 Å². The van der Waals surface area contributed by atoms with Gasteiger partial charge in [0.25, 0.3) is 6.01 Å². The van der Waals surface area contributed by atoms with Gasteiger partial charge in [0.15, 0.2) is 0 Å². The average Bonchev–Trinajstić information content (AvgIpc) is 2.65. The summed E-state index contributed by atoms with van der Waals surface area (Å²) >= 11 is 0. The van der Waals surface area contributed by atoms with Crippen LogP contribution >= 0.6 is 0 Å². The van der Waals surface area contributed by atoms with E-state index in [0.717, 1.165) is 18.6 Å². The fourth-order valence-corrected chi connectivity index (χ4v) is 1.50. The molecule has 0 aliphatic carbocycles. The molecule has 2 N–H and O–H groups in total. The minimum Gasteiger partial charge on any atom is -0.429 e. The third-order valence-corrected chi connectivity index (χ3v) is 2.38. The summed E-state index contributed by atoms with van der Waals surface area (Å²) in [5.41, 5.74) is 7.95. The zero-order chi connectivity index (χ0) is 10.7. The first-order valence-corrected chi connectivity index (χ1v) is 5.06. The highest BCUT2D eigenvalue weighted by atomic mass is 16.4. The molecule has 3 heteroatoms. The van der Waals surface area contributed by atoms with Gasteiger partial charge in [-0.25, -0.2) is 4.98 Å². The van der Waals surface area contributed by atoms with Gasteiger partial charge in [-0.1, -0.05) is 31.2 Å². The number of nitrogens with zero attached hydrogens (tertiary/aromatic N) is 1. The van der Waals surface area contributed by atoms with Crippen molar-refractivity contribution >= 4 is 6.01 Å². The van der Waals surface area contributed by atoms with Crippen LogP contribution in [-0.2, 0) is 12.8 Å². The molecule has 1 aromatic heterocycles. The van der Waals surface area contributed by atoms with Crippen LogP contribution in [0.4, 0.5) is 6.01 Å². The Hall–Kier alpha value is -1.77. The highest BCUT2D eigenvalue weighted by Gasteiger charge is 2.01. The van der Waals surface area contributed by atoms with Crippen LogP contribution in [0.1, 0.15) is 23.8 Å². The Balaban J connectivity index is 2.11. The van der Waals surface area contributed by atoms with E-state index in [4.69, 9.17) is 10.2 Å². The summed E-state index contributed by atoms with van der Waals surface area (Å²) in [7, 11) is 0. The molecule has 0 saturated carbocycles. The van der Waals surface area contributed by atoms with Gasteiger partial charge >= 0.3 is 0 Å². The van der Waals surface area contributed by atoms with Gasteiger partial charge in [0, 0.05) is 6.42 Å². The van der Waals surface area contributed by atoms with E-state index >= 15 is 0 Å². The lowest BCUT2D eigenvalue weighted by Crippen LogP contribution is -1.87. The van der Waals surface area contributed by atoms with E-state index in [0.29, 0.717) is 0 Å². The number of rotatable bonds is 3. The zero-order valence-corrected chi connectivity index (χ0v) is 8.73. The van der Waals surface area contributed by atoms with Crippen molar-refractivity contribution < 1.29 is 4.42 Å². The van der Waals surface area contributed by atoms with Crippen molar-refractivity contribution in [2.75, 3.05) is 5.73 Å². The Morgan fingerprint density at radius 1 is 1.20 bits per heavy atom. The van der Waals surface area contributed by atoms with Crippen LogP contribution in [0.2, 0.25) is 0 Å². The predicted molar refractivity (Wildman–Crippen MR) is 59.5 cm³/mol. The maximum absolute atomic E-state index is 5.40. The third-order valence-electron chi connectivity index (χ3n) is 2.38. The molecule has 0 unspecified atom stereocenters. The third kappa shape index (κ3) is 2.37. The summed E-state index contributed by atoms with van der Waals surface area (Å²) in [5.74, 6) is 0.803. The first-order valence-electron chi connectivity index (χ1n) is 5.06. The van der Waals surface area contributed by atoms with Crippen LogP contribution in [0.5, 0.6) is 0 Å². The highest BCUT2D eigenvalue weighted by Crippen LogP contribution is 2.12. The molecule has 0 fully saturated rings. The molecule has 2 rings (SSSR count). The zero-order valence-electron chi connectivity index (χ0n) is 8.73. The van der Waals surface area contributed by atoms with E-state index in [1.165, 1.54) is 11.1 Å². The van der Waals surface area contributed by atoms with Crippen LogP contribution in [0.15, 0.2) is 34.9 Å². The molecule has 0 spiro atoms. The van der Waals surface area contributed by atoms with Crippen LogP contribution in [-0.4, -0.2) is 4.98 Å². The van der Waals surface area contributed by atoms with Gasteiger partial charge in [0.1, 0.15) is 5.76 Å². The number of aromatic nitrogens is 1. The second kappa shape index (κ2) is 4.17. The van der Waals surface area contributed by atoms with Crippen molar-refractivity contribution in [1.82, 2.24) is 4.98 Å². The number of nitrogen functional groups attached to an aromatic ring is 1. The van der Waals surface area contributed by atoms with Crippen LogP contribution in [0, 0.1) is 0 Å². The number of hydrogen-bond acceptors (Lipinski definition) is 3. The number of benzene rings is 1. The molecular weight excluding hydrogens is 188 g/mol. The van der Waals surface area contributed by atoms with Gasteiger partial charge in [-0.2, -0.15) is 0 Å². The van der Waals surface area contributed by atoms with Crippen LogP contribution in [0.25, 0.3) is 0 Å². The Morgan fingerprint density at radius 3 is 2.40 bits per heavy atom. The van der Waals surface area contributed by atoms with E-state index in [9.17, 15) is 0 Å². The molecule has 78 valence electrons. The summed E-state index contributed by atoms with van der Waals surface area (Å²) in [4.78, 5) is 3.86. The van der Waals surface area contributed by atoms with Gasteiger partial charge in [-0.05, 0) is 17.5 Å². The number of oxazole rings is 1. The van der Waals surface area contributed by atoms with Crippen LogP contribution < -0.4 is 5.73 Å². The maximum Gasteiger partial charge on any atom is 0.292 e. The lowest BCUT2D eigenvalue weighted by atomic mass is 10.1. The summed E-state index contributed by atoms with van der Waals surface area (Å²) in [6, 6.07) is 8.72. The summed E-state index contributed by atoms with van der Waals surface area (Å²) in [5, 5.41) is 0. The second-order valence-corrected chi connectivity index (χ2v) is 3.51. The maximum atomic E-state index is 5.40. The molecule has 0 saturated heterocycles. The molecule has 0 aliphatic heterocycles. The fraction of sp³-hybridized carbons (Fsp3) is 0.250. The van der Waals surface area contributed by atoms with Crippen LogP contribution in [0.3, 0.4) is 0 Å². The van der Waals surface area contributed by atoms with E-state index < -0.39 is 0 Å². The molecule has 0 aliphatic rings. The number of nitrogens with two attached hydrogens (primary N) is 1. The largest absolute Gasteiger partial charge is 0.429 e. The first kappa shape index (κ1) is 9.77. The molecule has 0 atom stereocenters. The molecule has 0 bridgehead atoms. The molecule has 2 aromatic rings. The van der Waals surface area contributed by atoms with Crippen molar-refractivity contribution in [3.05, 3.63) is 47.3 Å². The molecule has 15 heavy (non-hydrogen) atoms. The van der Waals surface area contributed by atoms with Gasteiger partial charge in [-0.3, -0.25) is 0 Å². The fourth-order valence-electron chi connectivity index (χ4n) is 1.50. The first-order chi connectivity index (χ1) is 7.28. The molecule has 1 aromatic carbocycles. The van der Waals surface area contributed by atoms with Gasteiger partial charge in [-0.15, -0.1) is 0 Å². The quantitative estimate of drug-likeness (QED) is 0.831. The van der Waals surface area contributed by atoms with E-state index in [1.807, 2.05) is 0 Å². The van der Waals surface area contributed by atoms with Gasteiger partial charge in [0.05, 0.1) is 6.20 Å². The molecule has 0 radical (unpaired) electrons. The smallest absolute Gasteiger partial charge is 0.292 e. The topological polar surface area (TPSA) is 52.0 Å². The summed E-state index contributed by atoms with van der Waals surface area (Å²) < 4.78 is 5.21. The lowest BCUT2D eigenvalue weighted by molar-refractivity contribution is 0.534. The number of anilines is 1. The summed E-state index contributed by atoms with van der Waals surface area (Å²) in [6.45, 7) is 2.14. The Bertz CT molecular complexity index is 431. The Morgan fingerprint density at radius 2 is 1.87 bits per heavy atom. The Kier molecular flexibility index (Phi) is 2.72. The van der Waals surface area contributed by atoms with Gasteiger partial charge < -0.3 is 10.2 Å². The van der Waals surface area contributed by atoms with Crippen molar-refractivity contribution in [2.24, 2.45) is 0 Å². The minimum absolute atomic E-state index is 0.232. The Labute approximate surface area is 88.9 Å². The molecule has 3 nitrogen and oxygen atoms in total. The molecule has 1 heterocycles. The second-order valence-electron chi connectivity index (χ2n) is 3.51. The van der Waals surface area contributed by atoms with Crippen molar-refractivity contribution in [2.45, 2.75) is 19.8 Å². The summed E-state index contributed by atoms with van der Waals surface area (Å²) in [6.07, 6.45) is 3.48. The van der Waals surface area contributed by atoms with Gasteiger partial charge in [0.2, 0.25) is 0 Å².